The Bertz CT molecular complexity index is 1130. The third-order valence-electron chi connectivity index (χ3n) is 4.63. The lowest BCUT2D eigenvalue weighted by atomic mass is 9.77. The molecule has 2 amide bonds. The highest BCUT2D eigenvalue weighted by Crippen LogP contribution is 2.42. The van der Waals surface area contributed by atoms with Crippen LogP contribution in [0.1, 0.15) is 25.0 Å². The Hall–Kier alpha value is -3.17. The summed E-state index contributed by atoms with van der Waals surface area (Å²) in [4.78, 5) is 23.7. The molecule has 2 atom stereocenters. The molecule has 0 aromatic heterocycles. The molecule has 8 nitrogen and oxygen atoms in total. The van der Waals surface area contributed by atoms with Gasteiger partial charge in [0.2, 0.25) is 6.04 Å². The van der Waals surface area contributed by atoms with Gasteiger partial charge in [0, 0.05) is 27.2 Å². The monoisotopic (exact) mass is 491 g/mol. The summed E-state index contributed by atoms with van der Waals surface area (Å²) in [5, 5.41) is 36.3. The van der Waals surface area contributed by atoms with Crippen molar-refractivity contribution in [3.05, 3.63) is 62.6 Å². The fourth-order valence-corrected chi connectivity index (χ4v) is 3.91. The molecule has 164 valence electrons. The van der Waals surface area contributed by atoms with Gasteiger partial charge < -0.3 is 5.11 Å². The fraction of sp³-hybridized carbons (Fsp3) is 0.238. The van der Waals surface area contributed by atoms with Crippen molar-refractivity contribution in [1.29, 1.82) is 10.5 Å². The summed E-state index contributed by atoms with van der Waals surface area (Å²) in [5.74, 6) is -1.03. The second-order valence-corrected chi connectivity index (χ2v) is 7.89. The van der Waals surface area contributed by atoms with Gasteiger partial charge in [-0.2, -0.15) is 20.8 Å². The van der Waals surface area contributed by atoms with E-state index in [2.05, 4.69) is 16.3 Å². The maximum atomic E-state index is 12.2. The molecule has 0 saturated carbocycles. The Morgan fingerprint density at radius 1 is 1.16 bits per heavy atom. The summed E-state index contributed by atoms with van der Waals surface area (Å²) >= 11 is 18.8. The Balaban J connectivity index is 2.43. The Morgan fingerprint density at radius 2 is 1.72 bits per heavy atom. The van der Waals surface area contributed by atoms with E-state index in [0.29, 0.717) is 21.0 Å². The van der Waals surface area contributed by atoms with Crippen LogP contribution in [0.15, 0.2) is 46.6 Å². The molecule has 0 aliphatic carbocycles. The first-order valence-electron chi connectivity index (χ1n) is 9.10. The average molecular weight is 493 g/mol. The van der Waals surface area contributed by atoms with Crippen LogP contribution in [0.5, 0.6) is 0 Å². The smallest absolute Gasteiger partial charge is 0.414 e. The molecule has 0 radical (unpaired) electrons. The molecule has 0 saturated heterocycles. The van der Waals surface area contributed by atoms with E-state index in [-0.39, 0.29) is 22.3 Å². The van der Waals surface area contributed by atoms with Gasteiger partial charge in [0.25, 0.3) is 5.91 Å². The van der Waals surface area contributed by atoms with Crippen LogP contribution in [0, 0.1) is 22.7 Å². The summed E-state index contributed by atoms with van der Waals surface area (Å²) in [6.45, 7) is 2.95. The van der Waals surface area contributed by atoms with Crippen molar-refractivity contribution in [1.82, 2.24) is 4.90 Å². The minimum absolute atomic E-state index is 0.117. The highest BCUT2D eigenvalue weighted by Gasteiger charge is 2.34. The van der Waals surface area contributed by atoms with Crippen molar-refractivity contribution in [2.45, 2.75) is 25.3 Å². The molecule has 0 spiro atoms. The van der Waals surface area contributed by atoms with Crippen molar-refractivity contribution in [3.63, 3.8) is 0 Å². The topological polar surface area (TPSA) is 130 Å². The van der Waals surface area contributed by atoms with Gasteiger partial charge in [0.05, 0.1) is 11.8 Å². The van der Waals surface area contributed by atoms with E-state index in [1.54, 1.807) is 37.3 Å². The van der Waals surface area contributed by atoms with Crippen molar-refractivity contribution in [2.75, 3.05) is 6.54 Å². The predicted molar refractivity (Wildman–Crippen MR) is 119 cm³/mol. The van der Waals surface area contributed by atoms with Crippen LogP contribution in [0.3, 0.4) is 0 Å². The SMILES string of the molecule is CCN(C(=O)O)C(=O)C(C#N)N=Nc1cc(Cl)c(C(C)(C#N)c2ccc(Cl)cc2)c(Cl)c1. The van der Waals surface area contributed by atoms with E-state index in [9.17, 15) is 20.1 Å². The number of halogens is 3. The molecule has 0 fully saturated rings. The van der Waals surface area contributed by atoms with Gasteiger partial charge in [0.15, 0.2) is 0 Å². The zero-order chi connectivity index (χ0) is 24.1. The number of carbonyl (C=O) groups is 2. The van der Waals surface area contributed by atoms with E-state index >= 15 is 0 Å². The van der Waals surface area contributed by atoms with E-state index in [1.165, 1.54) is 19.1 Å². The number of nitrogens with zero attached hydrogens (tertiary/aromatic N) is 5. The van der Waals surface area contributed by atoms with Crippen molar-refractivity contribution in [3.8, 4) is 12.1 Å². The van der Waals surface area contributed by atoms with Gasteiger partial charge >= 0.3 is 6.09 Å². The molecular weight excluding hydrogens is 477 g/mol. The third-order valence-corrected chi connectivity index (χ3v) is 5.48. The lowest BCUT2D eigenvalue weighted by Gasteiger charge is -2.25. The van der Waals surface area contributed by atoms with Crippen LogP contribution in [0.2, 0.25) is 15.1 Å². The minimum Gasteiger partial charge on any atom is -0.465 e. The standard InChI is InChI=1S/C21H16Cl3N5O3/c1-3-29(20(31)32)19(30)17(10-25)28-27-14-8-15(23)18(16(24)9-14)21(2,11-26)12-4-6-13(22)7-5-12/h4-9,17H,3H2,1-2H3,(H,31,32). The number of carboxylic acid groups (broad SMARTS) is 1. The van der Waals surface area contributed by atoms with Crippen LogP contribution >= 0.6 is 34.8 Å². The normalized spacial score (nSPS) is 13.6. The lowest BCUT2D eigenvalue weighted by molar-refractivity contribution is -0.129. The van der Waals surface area contributed by atoms with E-state index in [4.69, 9.17) is 39.9 Å². The molecule has 2 aromatic rings. The summed E-state index contributed by atoms with van der Waals surface area (Å²) < 4.78 is 0. The largest absolute Gasteiger partial charge is 0.465 e. The van der Waals surface area contributed by atoms with E-state index in [1.807, 2.05) is 0 Å². The lowest BCUT2D eigenvalue weighted by Crippen LogP contribution is -2.41. The Labute approximate surface area is 199 Å². The molecule has 0 aliphatic rings. The second kappa shape index (κ2) is 10.4. The Kier molecular flexibility index (Phi) is 8.18. The van der Waals surface area contributed by atoms with Gasteiger partial charge in [-0.1, -0.05) is 46.9 Å². The number of likely N-dealkylation sites (N-methyl/N-ethyl adjacent to an activating group) is 1. The first-order valence-corrected chi connectivity index (χ1v) is 10.2. The van der Waals surface area contributed by atoms with Gasteiger partial charge in [0.1, 0.15) is 11.5 Å². The first-order chi connectivity index (χ1) is 15.1. The minimum atomic E-state index is -1.67. The number of benzene rings is 2. The maximum absolute atomic E-state index is 12.2. The quantitative estimate of drug-likeness (QED) is 0.496. The molecule has 1 N–H and O–H groups in total. The van der Waals surface area contributed by atoms with Crippen LogP contribution in [0.25, 0.3) is 0 Å². The van der Waals surface area contributed by atoms with Crippen molar-refractivity contribution in [2.24, 2.45) is 10.2 Å². The number of azo groups is 1. The molecule has 32 heavy (non-hydrogen) atoms. The average Bonchev–Trinajstić information content (AvgIpc) is 2.74. The van der Waals surface area contributed by atoms with Gasteiger partial charge in [-0.25, -0.2) is 9.69 Å². The van der Waals surface area contributed by atoms with E-state index in [0.717, 1.165) is 0 Å². The first kappa shape index (κ1) is 25.1. The zero-order valence-electron chi connectivity index (χ0n) is 16.9. The molecule has 0 heterocycles. The zero-order valence-corrected chi connectivity index (χ0v) is 19.2. The Morgan fingerprint density at radius 3 is 2.16 bits per heavy atom. The van der Waals surface area contributed by atoms with Crippen LogP contribution < -0.4 is 0 Å². The number of carbonyl (C=O) groups excluding carboxylic acids is 1. The van der Waals surface area contributed by atoms with E-state index < -0.39 is 23.5 Å². The number of nitriles is 2. The molecule has 2 unspecified atom stereocenters. The van der Waals surface area contributed by atoms with Crippen molar-refractivity contribution < 1.29 is 14.7 Å². The van der Waals surface area contributed by atoms with Crippen molar-refractivity contribution >= 4 is 52.5 Å². The molecule has 0 bridgehead atoms. The maximum Gasteiger partial charge on any atom is 0.414 e. The predicted octanol–water partition coefficient (Wildman–Crippen LogP) is 5.98. The summed E-state index contributed by atoms with van der Waals surface area (Å²) in [7, 11) is 0. The van der Waals surface area contributed by atoms with Crippen LogP contribution in [-0.4, -0.2) is 34.6 Å². The summed E-state index contributed by atoms with van der Waals surface area (Å²) in [5.41, 5.74) is -0.138. The van der Waals surface area contributed by atoms with Gasteiger partial charge in [-0.3, -0.25) is 4.79 Å². The summed E-state index contributed by atoms with van der Waals surface area (Å²) in [6.07, 6.45) is -1.50. The van der Waals surface area contributed by atoms with Gasteiger partial charge in [-0.05, 0) is 43.7 Å². The second-order valence-electron chi connectivity index (χ2n) is 6.64. The number of amides is 2. The molecule has 2 rings (SSSR count). The number of hydrogen-bond donors (Lipinski definition) is 1. The summed E-state index contributed by atoms with van der Waals surface area (Å²) in [6, 6.07) is 11.6. The van der Waals surface area contributed by atoms with Crippen LogP contribution in [-0.2, 0) is 10.2 Å². The third kappa shape index (κ3) is 5.17. The van der Waals surface area contributed by atoms with Gasteiger partial charge in [-0.15, -0.1) is 0 Å². The molecule has 11 heteroatoms. The molecule has 2 aromatic carbocycles. The highest BCUT2D eigenvalue weighted by atomic mass is 35.5. The molecule has 0 aliphatic heterocycles. The molecular formula is C21H16Cl3N5O3. The highest BCUT2D eigenvalue weighted by molar-refractivity contribution is 6.36. The fourth-order valence-electron chi connectivity index (χ4n) is 2.93. The number of rotatable bonds is 6. The van der Waals surface area contributed by atoms with Crippen LogP contribution in [0.4, 0.5) is 10.5 Å². The number of imide groups is 1. The number of hydrogen-bond acceptors (Lipinski definition) is 6.